The summed E-state index contributed by atoms with van der Waals surface area (Å²) >= 11 is 0. The normalized spacial score (nSPS) is 38.0. The van der Waals surface area contributed by atoms with Crippen molar-refractivity contribution >= 4 is 19.7 Å². The molecule has 1 spiro atoms. The first-order valence-corrected chi connectivity index (χ1v) is 40.2. The fourth-order valence-corrected chi connectivity index (χ4v) is 25.6. The summed E-state index contributed by atoms with van der Waals surface area (Å²) in [6.07, 6.45) is 35.7. The summed E-state index contributed by atoms with van der Waals surface area (Å²) < 4.78 is 60.6. The Bertz CT molecular complexity index is 3000. The van der Waals surface area contributed by atoms with Gasteiger partial charge in [0, 0.05) is 0 Å². The number of epoxide rings is 1. The van der Waals surface area contributed by atoms with E-state index in [1.165, 1.54) is 89.0 Å². The van der Waals surface area contributed by atoms with Crippen molar-refractivity contribution in [2.45, 2.75) is 300 Å². The maximum Gasteiger partial charge on any atom is 1.00 e. The number of sulfone groups is 2. The van der Waals surface area contributed by atoms with Crippen molar-refractivity contribution in [1.82, 2.24) is 0 Å². The smallest absolute Gasteiger partial charge is 0.390 e. The van der Waals surface area contributed by atoms with E-state index in [0.29, 0.717) is 87.4 Å². The molecule has 2 aromatic carbocycles. The number of rotatable bonds is 13. The Balaban J connectivity index is 0.000000179. The quantitative estimate of drug-likeness (QED) is 0.0779. The van der Waals surface area contributed by atoms with Crippen LogP contribution in [0.3, 0.4) is 0 Å². The van der Waals surface area contributed by atoms with Crippen molar-refractivity contribution in [1.29, 1.82) is 0 Å². The molecule has 1 aliphatic heterocycles. The summed E-state index contributed by atoms with van der Waals surface area (Å²) in [6, 6.07) is 18.1. The van der Waals surface area contributed by atoms with Gasteiger partial charge in [-0.25, -0.2) is 16.8 Å². The van der Waals surface area contributed by atoms with Gasteiger partial charge in [0.05, 0.1) is 49.8 Å². The summed E-state index contributed by atoms with van der Waals surface area (Å²) in [7, 11) is -6.86. The molecule has 3 N–H and O–H groups in total. The Morgan fingerprint density at radius 3 is 1.41 bits per heavy atom. The van der Waals surface area contributed by atoms with Crippen LogP contribution in [0.25, 0.3) is 0 Å². The molecule has 9 fully saturated rings. The second-order valence-corrected chi connectivity index (χ2v) is 38.8. The Labute approximate surface area is 567 Å². The molecule has 10 aliphatic carbocycles. The summed E-state index contributed by atoms with van der Waals surface area (Å²) in [4.78, 5) is 0.874. The average Bonchev–Trinajstić information content (AvgIpc) is 1.71. The van der Waals surface area contributed by atoms with E-state index in [1.807, 2.05) is 36.4 Å². The van der Waals surface area contributed by atoms with Crippen LogP contribution in [0.5, 0.6) is 0 Å². The zero-order chi connectivity index (χ0) is 64.9. The molecule has 91 heavy (non-hydrogen) atoms. The SMILES string of the molecule is CC1(C)CCC2(CC1)CO2.CC[C@]1(O)CC[C@H]2C(=CC[C@@H]3[C@@H]2CC[C@]2(C)[C@@H]([C@H](C)C(CC4(O)CCC(C)(C)CC4)S(=O)(=O)c4ccccc4)CC[C@@H]32)C1.CC[C@]1(O)CC[C@H]2C(=CC[C@@H]3[C@@H]2CC[C@]2(C)[C@@H]([C@H](C)CS(=O)(=O)c4ccccc4)CC[C@@H]32)C1.[CH2-]CCC.[Li+]. The first-order chi connectivity index (χ1) is 42.4. The van der Waals surface area contributed by atoms with Crippen LogP contribution in [0.1, 0.15) is 262 Å². The molecule has 17 atom stereocenters. The molecule has 11 heteroatoms. The molecule has 0 amide bonds. The van der Waals surface area contributed by atoms with Gasteiger partial charge in [0.25, 0.3) is 0 Å². The zero-order valence-electron chi connectivity index (χ0n) is 59.3. The molecule has 13 rings (SSSR count). The number of hydrogen-bond donors (Lipinski definition) is 3. The summed E-state index contributed by atoms with van der Waals surface area (Å²) in [6.45, 7) is 29.7. The van der Waals surface area contributed by atoms with Gasteiger partial charge in [-0.1, -0.05) is 142 Å². The van der Waals surface area contributed by atoms with Gasteiger partial charge in [-0.05, 0) is 290 Å². The third-order valence-electron chi connectivity index (χ3n) is 28.1. The van der Waals surface area contributed by atoms with Crippen molar-refractivity contribution in [3.05, 3.63) is 90.9 Å². The summed E-state index contributed by atoms with van der Waals surface area (Å²) in [5.74, 6) is 6.81. The predicted octanol–water partition coefficient (Wildman–Crippen LogP) is 15.9. The number of unbranched alkanes of at least 4 members (excludes halogenated alkanes) is 1. The molecule has 8 saturated carbocycles. The Kier molecular flexibility index (Phi) is 23.1. The van der Waals surface area contributed by atoms with Gasteiger partial charge < -0.3 is 27.0 Å². The Morgan fingerprint density at radius 2 is 0.967 bits per heavy atom. The van der Waals surface area contributed by atoms with Gasteiger partial charge in [-0.15, -0.1) is 0 Å². The standard InChI is InChI=1S/C38H58O4S.C29H42O3S.C9H16O.C4H9.Li/c1-6-37(39)19-17-29-27(24-37)12-13-31-30(29)16-18-36(5)32(14-15-33(31)36)26(2)34(43(41,42)28-10-8-7-9-11-28)25-38(40)22-20-35(3,4)21-23-38;1-4-29(30)17-15-23-21(18-29)10-11-25-24(23)14-16-28(3)26(12-13-27(25)28)20(2)19-33(31,32)22-8-6-5-7-9-22;1-8(2)3-5-9(6-4-8)7-10-9;1-3-4-2;/h7-12,26,29-34,39-40H,6,13-25H2,1-5H3;5-10,20,23-27,30H,4,11-19H2,1-3H3;3-7H2,1-2H3;1,3-4H2,2H3;/q;;;-1;+1/t26-,29-,30+,31+,32+,33-,34?,36+,37-;20-,23+,24-,25-,26-,27+,28-,29+;;;/m01.../s1. The third-order valence-corrected chi connectivity index (χ3v) is 32.4. The molecule has 1 unspecified atom stereocenters. The van der Waals surface area contributed by atoms with Gasteiger partial charge in [-0.2, -0.15) is 6.42 Å². The largest absolute Gasteiger partial charge is 1.00 e. The number of allylic oxidation sites excluding steroid dienone is 2. The van der Waals surface area contributed by atoms with Crippen molar-refractivity contribution in [2.75, 3.05) is 12.4 Å². The molecule has 0 radical (unpaired) electrons. The van der Waals surface area contributed by atoms with Gasteiger partial charge >= 0.3 is 18.9 Å². The van der Waals surface area contributed by atoms with E-state index in [0.717, 1.165) is 102 Å². The Morgan fingerprint density at radius 1 is 0.538 bits per heavy atom. The number of aliphatic hydroxyl groups is 3. The molecule has 0 aromatic heterocycles. The van der Waals surface area contributed by atoms with E-state index in [-0.39, 0.29) is 52.7 Å². The van der Waals surface area contributed by atoms with Crippen molar-refractivity contribution in [2.24, 2.45) is 92.7 Å². The fraction of sp³-hybridized carbons (Fsp3) is 0.787. The number of fused-ring (bicyclic) bond motifs is 10. The first-order valence-electron chi connectivity index (χ1n) is 37.0. The molecule has 8 nitrogen and oxygen atoms in total. The van der Waals surface area contributed by atoms with Crippen LogP contribution in [-0.4, -0.2) is 72.2 Å². The fourth-order valence-electron chi connectivity index (χ4n) is 21.8. The average molecular weight is 1290 g/mol. The minimum absolute atomic E-state index is 0. The van der Waals surface area contributed by atoms with E-state index in [4.69, 9.17) is 4.74 Å². The van der Waals surface area contributed by atoms with E-state index in [2.05, 4.69) is 95.2 Å². The van der Waals surface area contributed by atoms with Crippen molar-refractivity contribution < 1.29 is 55.8 Å². The van der Waals surface area contributed by atoms with Crippen LogP contribution >= 0.6 is 0 Å². The predicted molar refractivity (Wildman–Crippen MR) is 369 cm³/mol. The monoisotopic (exact) mass is 1280 g/mol. The second-order valence-electron chi connectivity index (χ2n) is 34.6. The molecular formula is C80H125LiO8S2. The summed E-state index contributed by atoms with van der Waals surface area (Å²) in [5, 5.41) is 33.3. The first kappa shape index (κ1) is 73.5. The van der Waals surface area contributed by atoms with Gasteiger partial charge in [0.1, 0.15) is 0 Å². The second kappa shape index (κ2) is 28.6. The van der Waals surface area contributed by atoms with Crippen LogP contribution in [0.2, 0.25) is 0 Å². The number of ether oxygens (including phenoxy) is 1. The van der Waals surface area contributed by atoms with Crippen molar-refractivity contribution in [3.8, 4) is 0 Å². The van der Waals surface area contributed by atoms with Crippen LogP contribution < -0.4 is 18.9 Å². The molecule has 0 bridgehead atoms. The van der Waals surface area contributed by atoms with Crippen LogP contribution in [-0.2, 0) is 24.4 Å². The molecular weight excluding hydrogens is 1160 g/mol. The van der Waals surface area contributed by atoms with E-state index >= 15 is 0 Å². The van der Waals surface area contributed by atoms with Gasteiger partial charge in [-0.3, -0.25) is 0 Å². The molecule has 506 valence electrons. The number of hydrogen-bond acceptors (Lipinski definition) is 8. The van der Waals surface area contributed by atoms with E-state index in [9.17, 15) is 32.2 Å². The van der Waals surface area contributed by atoms with Gasteiger partial charge in [0.15, 0.2) is 19.7 Å². The van der Waals surface area contributed by atoms with Crippen LogP contribution in [0.4, 0.5) is 0 Å². The van der Waals surface area contributed by atoms with Crippen LogP contribution in [0, 0.1) is 99.6 Å². The minimum Gasteiger partial charge on any atom is -0.390 e. The number of benzene rings is 2. The Hall–Kier alpha value is -1.74. The third kappa shape index (κ3) is 15.7. The summed E-state index contributed by atoms with van der Waals surface area (Å²) in [5.41, 5.74) is 2.75. The molecule has 1 saturated heterocycles. The topological polar surface area (TPSA) is 142 Å². The van der Waals surface area contributed by atoms with E-state index in [1.54, 1.807) is 29.8 Å². The molecule has 11 aliphatic rings. The van der Waals surface area contributed by atoms with Crippen LogP contribution in [0.15, 0.2) is 93.8 Å². The molecule has 1 heterocycles. The van der Waals surface area contributed by atoms with Gasteiger partial charge in [0.2, 0.25) is 0 Å². The van der Waals surface area contributed by atoms with E-state index < -0.39 is 41.7 Å². The molecule has 2 aromatic rings. The maximum atomic E-state index is 14.5. The maximum absolute atomic E-state index is 14.5. The van der Waals surface area contributed by atoms with Crippen molar-refractivity contribution in [3.63, 3.8) is 0 Å². The minimum atomic E-state index is -3.61. The zero-order valence-corrected chi connectivity index (χ0v) is 60.9.